The summed E-state index contributed by atoms with van der Waals surface area (Å²) in [7, 11) is 0. The van der Waals surface area contributed by atoms with Gasteiger partial charge >= 0.3 is 11.9 Å². The fourth-order valence-electron chi connectivity index (χ4n) is 2.18. The molecule has 0 aliphatic carbocycles. The van der Waals surface area contributed by atoms with Crippen molar-refractivity contribution < 1.29 is 24.6 Å². The van der Waals surface area contributed by atoms with Gasteiger partial charge in [0.15, 0.2) is 0 Å². The summed E-state index contributed by atoms with van der Waals surface area (Å²) >= 11 is 0. The van der Waals surface area contributed by atoms with Gasteiger partial charge in [0.1, 0.15) is 17.8 Å². The molecule has 2 rings (SSSR count). The molecular weight excluding hydrogens is 350 g/mol. The third-order valence-corrected chi connectivity index (χ3v) is 3.71. The Kier molecular flexibility index (Phi) is 9.99. The quantitative estimate of drug-likeness (QED) is 0.202. The second-order valence-corrected chi connectivity index (χ2v) is 6.02. The van der Waals surface area contributed by atoms with E-state index in [0.717, 1.165) is 17.2 Å². The van der Waals surface area contributed by atoms with Crippen LogP contribution in [0.3, 0.4) is 0 Å². The van der Waals surface area contributed by atoms with Crippen LogP contribution in [0.5, 0.6) is 5.75 Å². The minimum atomic E-state index is -1.04. The molecule has 0 aromatic heterocycles. The van der Waals surface area contributed by atoms with Gasteiger partial charge in [0.2, 0.25) is 0 Å². The van der Waals surface area contributed by atoms with Crippen molar-refractivity contribution in [1.82, 2.24) is 5.48 Å². The topological polar surface area (TPSA) is 148 Å². The first-order valence-corrected chi connectivity index (χ1v) is 8.67. The smallest absolute Gasteiger partial charge is 0.328 e. The monoisotopic (exact) mass is 377 g/mol. The average molecular weight is 377 g/mol. The maximum atomic E-state index is 11.3. The van der Waals surface area contributed by atoms with Gasteiger partial charge in [-0.05, 0) is 55.6 Å². The molecule has 0 radical (unpaired) electrons. The number of carbonyl (C=O) groups is 2. The van der Waals surface area contributed by atoms with Crippen molar-refractivity contribution >= 4 is 22.7 Å². The second-order valence-electron chi connectivity index (χ2n) is 6.02. The van der Waals surface area contributed by atoms with Crippen molar-refractivity contribution in [1.29, 1.82) is 0 Å². The standard InChI is InChI=1S/C13H13NO2.C6H14N2O3/c1-9(14)13(15)16-12-7-6-10-4-2-3-5-11(10)8-12;7-4-2-1-3-5(8-11)6(9)10/h2-9H,14H2,1H3;5,8,11H,1-4,7H2,(H,9,10)/t9-;5-/m00/s1. The number of fused-ring (bicyclic) bond motifs is 1. The van der Waals surface area contributed by atoms with E-state index in [9.17, 15) is 9.59 Å². The minimum absolute atomic E-state index is 0.406. The van der Waals surface area contributed by atoms with Crippen LogP contribution in [0.4, 0.5) is 0 Å². The first kappa shape index (κ1) is 22.5. The van der Waals surface area contributed by atoms with Crippen LogP contribution in [0, 0.1) is 0 Å². The molecule has 0 bridgehead atoms. The van der Waals surface area contributed by atoms with Gasteiger partial charge in [-0.2, -0.15) is 5.48 Å². The highest BCUT2D eigenvalue weighted by molar-refractivity contribution is 5.85. The van der Waals surface area contributed by atoms with Crippen LogP contribution in [0.15, 0.2) is 42.5 Å². The van der Waals surface area contributed by atoms with E-state index < -0.39 is 24.0 Å². The Morgan fingerprint density at radius 1 is 1.15 bits per heavy atom. The molecule has 0 saturated carbocycles. The van der Waals surface area contributed by atoms with Crippen molar-refractivity contribution in [3.05, 3.63) is 42.5 Å². The van der Waals surface area contributed by atoms with Crippen molar-refractivity contribution in [2.45, 2.75) is 38.3 Å². The van der Waals surface area contributed by atoms with Gasteiger partial charge < -0.3 is 26.5 Å². The molecule has 2 atom stereocenters. The number of nitrogens with two attached hydrogens (primary N) is 2. The minimum Gasteiger partial charge on any atom is -0.480 e. The lowest BCUT2D eigenvalue weighted by Gasteiger charge is -2.08. The fraction of sp³-hybridized carbons (Fsp3) is 0.368. The molecule has 0 aliphatic rings. The molecule has 27 heavy (non-hydrogen) atoms. The molecule has 0 fully saturated rings. The van der Waals surface area contributed by atoms with Gasteiger partial charge in [-0.3, -0.25) is 4.79 Å². The lowest BCUT2D eigenvalue weighted by atomic mass is 10.1. The Morgan fingerprint density at radius 3 is 2.37 bits per heavy atom. The molecule has 0 heterocycles. The summed E-state index contributed by atoms with van der Waals surface area (Å²) in [6.07, 6.45) is 1.90. The lowest BCUT2D eigenvalue weighted by molar-refractivity contribution is -0.142. The number of hydroxylamine groups is 1. The zero-order valence-electron chi connectivity index (χ0n) is 15.3. The molecule has 148 valence electrons. The Morgan fingerprint density at radius 2 is 1.81 bits per heavy atom. The third kappa shape index (κ3) is 8.14. The first-order valence-electron chi connectivity index (χ1n) is 8.67. The van der Waals surface area contributed by atoms with Crippen molar-refractivity contribution in [3.63, 3.8) is 0 Å². The fourth-order valence-corrected chi connectivity index (χ4v) is 2.18. The van der Waals surface area contributed by atoms with Gasteiger partial charge in [0.25, 0.3) is 0 Å². The first-order chi connectivity index (χ1) is 12.9. The van der Waals surface area contributed by atoms with Gasteiger partial charge in [-0.25, -0.2) is 4.79 Å². The Labute approximate surface area is 158 Å². The maximum Gasteiger partial charge on any atom is 0.328 e. The number of carbonyl (C=O) groups excluding carboxylic acids is 1. The Hall–Kier alpha value is -2.52. The highest BCUT2D eigenvalue weighted by Gasteiger charge is 2.14. The van der Waals surface area contributed by atoms with E-state index >= 15 is 0 Å². The van der Waals surface area contributed by atoms with Gasteiger partial charge in [-0.1, -0.05) is 30.3 Å². The maximum absolute atomic E-state index is 11.3. The molecule has 0 spiro atoms. The lowest BCUT2D eigenvalue weighted by Crippen LogP contribution is -2.34. The summed E-state index contributed by atoms with van der Waals surface area (Å²) in [5.41, 5.74) is 12.3. The number of nitrogens with one attached hydrogen (secondary N) is 1. The van der Waals surface area contributed by atoms with E-state index in [1.807, 2.05) is 36.4 Å². The molecule has 7 N–H and O–H groups in total. The zero-order chi connectivity index (χ0) is 20.2. The van der Waals surface area contributed by atoms with Crippen molar-refractivity contribution in [3.8, 4) is 5.75 Å². The highest BCUT2D eigenvalue weighted by atomic mass is 16.5. The number of unbranched alkanes of at least 4 members (excludes halogenated alkanes) is 1. The highest BCUT2D eigenvalue weighted by Crippen LogP contribution is 2.20. The third-order valence-electron chi connectivity index (χ3n) is 3.71. The number of esters is 1. The van der Waals surface area contributed by atoms with E-state index in [4.69, 9.17) is 26.5 Å². The molecule has 0 amide bonds. The van der Waals surface area contributed by atoms with E-state index in [0.29, 0.717) is 25.1 Å². The molecule has 0 aliphatic heterocycles. The van der Waals surface area contributed by atoms with Crippen LogP contribution in [-0.4, -0.2) is 40.9 Å². The average Bonchev–Trinajstić information content (AvgIpc) is 2.65. The van der Waals surface area contributed by atoms with E-state index in [1.165, 1.54) is 0 Å². The predicted octanol–water partition coefficient (Wildman–Crippen LogP) is 1.64. The van der Waals surface area contributed by atoms with Crippen LogP contribution in [0.1, 0.15) is 26.2 Å². The molecule has 2 aromatic rings. The van der Waals surface area contributed by atoms with Crippen LogP contribution in [-0.2, 0) is 9.59 Å². The number of carboxylic acids is 1. The summed E-state index contributed by atoms with van der Waals surface area (Å²) in [4.78, 5) is 21.6. The van der Waals surface area contributed by atoms with Crippen molar-refractivity contribution in [2.24, 2.45) is 11.5 Å². The molecule has 2 aromatic carbocycles. The van der Waals surface area contributed by atoms with Crippen LogP contribution < -0.4 is 21.7 Å². The summed E-state index contributed by atoms with van der Waals surface area (Å²) in [5, 5.41) is 18.9. The van der Waals surface area contributed by atoms with E-state index in [2.05, 4.69) is 0 Å². The number of carboxylic acid groups (broad SMARTS) is 1. The second kappa shape index (κ2) is 12.0. The summed E-state index contributed by atoms with van der Waals surface area (Å²) in [5.74, 6) is -0.930. The number of aliphatic carboxylic acids is 1. The molecule has 0 unspecified atom stereocenters. The largest absolute Gasteiger partial charge is 0.480 e. The number of benzene rings is 2. The normalized spacial score (nSPS) is 12.6. The van der Waals surface area contributed by atoms with E-state index in [-0.39, 0.29) is 0 Å². The predicted molar refractivity (Wildman–Crippen MR) is 102 cm³/mol. The summed E-state index contributed by atoms with van der Waals surface area (Å²) < 4.78 is 5.12. The Balaban J connectivity index is 0.000000293. The van der Waals surface area contributed by atoms with Crippen LogP contribution >= 0.6 is 0 Å². The number of hydrogen-bond acceptors (Lipinski definition) is 7. The summed E-state index contributed by atoms with van der Waals surface area (Å²) in [6.45, 7) is 2.15. The van der Waals surface area contributed by atoms with Gasteiger partial charge in [0, 0.05) is 0 Å². The molecule has 0 saturated heterocycles. The molecule has 8 nitrogen and oxygen atoms in total. The van der Waals surface area contributed by atoms with Crippen LogP contribution in [0.25, 0.3) is 10.8 Å². The number of ether oxygens (including phenoxy) is 1. The van der Waals surface area contributed by atoms with E-state index in [1.54, 1.807) is 18.5 Å². The number of hydrogen-bond donors (Lipinski definition) is 5. The molecular formula is C19H27N3O5. The van der Waals surface area contributed by atoms with Crippen molar-refractivity contribution in [2.75, 3.05) is 6.54 Å². The van der Waals surface area contributed by atoms with Crippen LogP contribution in [0.2, 0.25) is 0 Å². The Bertz CT molecular complexity index is 736. The zero-order valence-corrected chi connectivity index (χ0v) is 15.3. The van der Waals surface area contributed by atoms with Gasteiger partial charge in [0.05, 0.1) is 0 Å². The molecule has 8 heteroatoms. The van der Waals surface area contributed by atoms with Gasteiger partial charge in [-0.15, -0.1) is 0 Å². The SMILES string of the molecule is C[C@H](N)C(=O)Oc1ccc2ccccc2c1.NCCCC[C@H](NO)C(=O)O. The summed E-state index contributed by atoms with van der Waals surface area (Å²) in [6, 6.07) is 11.9. The number of rotatable bonds is 8.